The Morgan fingerprint density at radius 2 is 1.97 bits per heavy atom. The van der Waals surface area contributed by atoms with Crippen LogP contribution in [0.15, 0.2) is 27.7 Å². The van der Waals surface area contributed by atoms with Crippen molar-refractivity contribution in [3.63, 3.8) is 0 Å². The molecule has 1 aliphatic heterocycles. The zero-order valence-electron chi connectivity index (χ0n) is 16.0. The molecule has 6 N–H and O–H groups in total. The summed E-state index contributed by atoms with van der Waals surface area (Å²) in [5.41, 5.74) is 2.80. The number of benzene rings is 1. The normalized spacial score (nSPS) is 14.4. The third-order valence-electron chi connectivity index (χ3n) is 3.71. The smallest absolute Gasteiger partial charge is 0.277 e. The van der Waals surface area contributed by atoms with Gasteiger partial charge in [0.25, 0.3) is 5.91 Å². The van der Waals surface area contributed by atoms with Crippen molar-refractivity contribution in [2.45, 2.75) is 12.6 Å². The van der Waals surface area contributed by atoms with Crippen LogP contribution < -0.4 is 16.3 Å². The molecule has 0 saturated carbocycles. The Hall–Kier alpha value is -1.88. The number of amides is 1. The Bertz CT molecular complexity index is 882. The Labute approximate surface area is 185 Å². The second kappa shape index (κ2) is 12.8. The van der Waals surface area contributed by atoms with Gasteiger partial charge in [0.15, 0.2) is 17.5 Å². The van der Waals surface area contributed by atoms with Gasteiger partial charge in [0.05, 0.1) is 36.8 Å². The van der Waals surface area contributed by atoms with Crippen molar-refractivity contribution < 1.29 is 43.0 Å². The molecule has 0 radical (unpaired) electrons. The van der Waals surface area contributed by atoms with Gasteiger partial charge in [-0.1, -0.05) is 20.7 Å². The number of nitrogens with one attached hydrogen (secondary N) is 3. The average Bonchev–Trinajstić information content (AvgIpc) is 2.76. The quantitative estimate of drug-likeness (QED) is 0.127. The summed E-state index contributed by atoms with van der Waals surface area (Å²) in [6.07, 6.45) is 0.102. The van der Waals surface area contributed by atoms with E-state index in [1.807, 2.05) is 5.48 Å². The summed E-state index contributed by atoms with van der Waals surface area (Å²) < 4.78 is 46.4. The number of halogens is 4. The molecule has 1 aromatic rings. The predicted molar refractivity (Wildman–Crippen MR) is 114 cm³/mol. The number of hydrogen-bond acceptors (Lipinski definition) is 8. The van der Waals surface area contributed by atoms with Gasteiger partial charge < -0.3 is 20.6 Å². The molecule has 0 fully saturated rings. The third kappa shape index (κ3) is 7.34. The standard InChI is InChI=1S/C18H21F3IN3O6/c19-13-6-22-2-1-14(13)24-17-12(18(29)25-31-9-11(28)8-27)5-10(15(20)16(17)21)7-23-30-4-3-26/h1-2,5-6,11,23-24,26-28H,3-4,7-9H2,(H,25,29). The van der Waals surface area contributed by atoms with Crippen molar-refractivity contribution in [2.75, 3.05) is 31.7 Å². The first-order chi connectivity index (χ1) is 14.9. The highest BCUT2D eigenvalue weighted by molar-refractivity contribution is 14.2. The van der Waals surface area contributed by atoms with Gasteiger partial charge in [-0.3, -0.25) is 14.5 Å². The predicted octanol–water partition coefficient (Wildman–Crippen LogP) is 0.886. The van der Waals surface area contributed by atoms with E-state index in [0.717, 1.165) is 6.07 Å². The monoisotopic (exact) mass is 559 g/mol. The van der Waals surface area contributed by atoms with E-state index in [9.17, 15) is 23.1 Å². The molecule has 0 aromatic heterocycles. The fraction of sp³-hybridized carbons (Fsp3) is 0.333. The van der Waals surface area contributed by atoms with Crippen molar-refractivity contribution in [2.24, 2.45) is 0 Å². The lowest BCUT2D eigenvalue weighted by Gasteiger charge is -2.18. The molecule has 0 bridgehead atoms. The van der Waals surface area contributed by atoms with Crippen LogP contribution in [0.2, 0.25) is 0 Å². The fourth-order valence-electron chi connectivity index (χ4n) is 2.23. The van der Waals surface area contributed by atoms with E-state index >= 15 is 0 Å². The third-order valence-corrected chi connectivity index (χ3v) is 5.40. The minimum Gasteiger partial charge on any atom is -0.394 e. The van der Waals surface area contributed by atoms with Crippen LogP contribution in [0.5, 0.6) is 0 Å². The molecule has 1 aromatic carbocycles. The second-order valence-corrected chi connectivity index (χ2v) is 8.03. The minimum absolute atomic E-state index is 0.100. The second-order valence-electron chi connectivity index (χ2n) is 5.97. The van der Waals surface area contributed by atoms with E-state index in [4.69, 9.17) is 19.9 Å². The number of aliphatic hydroxyl groups is 3. The van der Waals surface area contributed by atoms with Gasteiger partial charge in [-0.2, -0.15) is 5.48 Å². The van der Waals surface area contributed by atoms with Crippen LogP contribution >= 0.6 is 20.7 Å². The van der Waals surface area contributed by atoms with Crippen LogP contribution in [0, 0.1) is 11.6 Å². The number of aliphatic hydroxyl groups excluding tert-OH is 3. The maximum atomic E-state index is 14.8. The number of carbonyl (C=O) groups excluding carboxylic acids is 1. The molecule has 1 amide bonds. The lowest BCUT2D eigenvalue weighted by atomic mass is 10.1. The largest absolute Gasteiger partial charge is 0.394 e. The topological polar surface area (TPSA) is 132 Å². The average molecular weight is 559 g/mol. The van der Waals surface area contributed by atoms with Gasteiger partial charge >= 0.3 is 0 Å². The van der Waals surface area contributed by atoms with Crippen LogP contribution in [0.4, 0.5) is 18.9 Å². The molecule has 0 spiro atoms. The molecule has 1 atom stereocenters. The molecule has 9 nitrogen and oxygen atoms in total. The summed E-state index contributed by atoms with van der Waals surface area (Å²) in [5, 5.41) is 29.1. The number of carbonyl (C=O) groups is 1. The maximum Gasteiger partial charge on any atom is 0.277 e. The summed E-state index contributed by atoms with van der Waals surface area (Å²) >= 11 is -0.626. The molecule has 13 heteroatoms. The maximum absolute atomic E-state index is 14.8. The lowest BCUT2D eigenvalue weighted by molar-refractivity contribution is -0.0295. The zero-order valence-corrected chi connectivity index (χ0v) is 18.2. The molecule has 1 heterocycles. The number of allylic oxidation sites excluding steroid dienone is 2. The fourth-order valence-corrected chi connectivity index (χ4v) is 3.66. The van der Waals surface area contributed by atoms with Crippen molar-refractivity contribution >= 4 is 36.3 Å². The first-order valence-corrected chi connectivity index (χ1v) is 11.3. The molecular formula is C18H21F3IN3O6. The van der Waals surface area contributed by atoms with Crippen molar-refractivity contribution in [1.29, 1.82) is 0 Å². The van der Waals surface area contributed by atoms with E-state index in [1.54, 1.807) is 4.08 Å². The van der Waals surface area contributed by atoms with Crippen LogP contribution in [0.3, 0.4) is 0 Å². The molecule has 2 rings (SSSR count). The number of rotatable bonds is 12. The highest BCUT2D eigenvalue weighted by Crippen LogP contribution is 2.29. The highest BCUT2D eigenvalue weighted by atomic mass is 127. The van der Waals surface area contributed by atoms with Gasteiger partial charge in [0, 0.05) is 16.1 Å². The van der Waals surface area contributed by atoms with Crippen LogP contribution in [0.25, 0.3) is 0 Å². The minimum atomic E-state index is -1.43. The number of hydrogen-bond donors (Lipinski definition) is 6. The Morgan fingerprint density at radius 1 is 1.19 bits per heavy atom. The molecule has 0 aliphatic carbocycles. The van der Waals surface area contributed by atoms with Crippen LogP contribution in [-0.4, -0.2) is 57.8 Å². The van der Waals surface area contributed by atoms with Crippen molar-refractivity contribution in [1.82, 2.24) is 11.0 Å². The van der Waals surface area contributed by atoms with Crippen LogP contribution in [-0.2, 0) is 16.2 Å². The Kier molecular flexibility index (Phi) is 10.5. The molecule has 31 heavy (non-hydrogen) atoms. The van der Waals surface area contributed by atoms with Gasteiger partial charge in [-0.25, -0.2) is 18.7 Å². The Balaban J connectivity index is 2.34. The molecule has 1 aliphatic rings. The summed E-state index contributed by atoms with van der Waals surface area (Å²) in [6, 6.07) is 1.01. The summed E-state index contributed by atoms with van der Waals surface area (Å²) in [7, 11) is 0. The molecule has 0 saturated heterocycles. The van der Waals surface area contributed by atoms with Gasteiger partial charge in [0.2, 0.25) is 0 Å². The molecule has 172 valence electrons. The van der Waals surface area contributed by atoms with Gasteiger partial charge in [-0.15, -0.1) is 0 Å². The van der Waals surface area contributed by atoms with Crippen molar-refractivity contribution in [3.8, 4) is 0 Å². The van der Waals surface area contributed by atoms with Crippen molar-refractivity contribution in [3.05, 3.63) is 50.5 Å². The first-order valence-electron chi connectivity index (χ1n) is 8.85. The van der Waals surface area contributed by atoms with E-state index in [0.29, 0.717) is 0 Å². The van der Waals surface area contributed by atoms with Gasteiger partial charge in [0.1, 0.15) is 12.7 Å². The highest BCUT2D eigenvalue weighted by Gasteiger charge is 2.24. The SMILES string of the molecule is O=C(NOCC(O)CO)c1cc(CNOCCO)c(F)c(F)c1NC1=C(F)C=IC=C1. The lowest BCUT2D eigenvalue weighted by Crippen LogP contribution is -2.31. The van der Waals surface area contributed by atoms with E-state index in [2.05, 4.69) is 10.8 Å². The summed E-state index contributed by atoms with van der Waals surface area (Å²) in [4.78, 5) is 22.1. The molecular weight excluding hydrogens is 538 g/mol. The number of anilines is 1. The number of hydroxylamine groups is 2. The van der Waals surface area contributed by atoms with Gasteiger partial charge in [-0.05, 0) is 16.2 Å². The summed E-state index contributed by atoms with van der Waals surface area (Å²) in [5.74, 6) is -4.41. The van der Waals surface area contributed by atoms with Crippen LogP contribution in [0.1, 0.15) is 15.9 Å². The van der Waals surface area contributed by atoms with E-state index in [-0.39, 0.29) is 31.0 Å². The zero-order chi connectivity index (χ0) is 22.8. The van der Waals surface area contributed by atoms with E-state index in [1.165, 1.54) is 10.1 Å². The van der Waals surface area contributed by atoms with E-state index < -0.39 is 74.7 Å². The Morgan fingerprint density at radius 3 is 2.65 bits per heavy atom. The summed E-state index contributed by atoms with van der Waals surface area (Å²) in [6.45, 7) is -1.82. The first kappa shape index (κ1) is 25.4. The molecule has 1 unspecified atom stereocenters.